The summed E-state index contributed by atoms with van der Waals surface area (Å²) in [5.74, 6) is -15.2. The number of benzene rings is 2. The van der Waals surface area contributed by atoms with Gasteiger partial charge in [-0.15, -0.1) is 11.3 Å². The molecule has 1 aliphatic rings. The number of ketones is 2. The van der Waals surface area contributed by atoms with E-state index in [4.69, 9.17) is 29.2 Å². The third-order valence-corrected chi connectivity index (χ3v) is 24.0. The summed E-state index contributed by atoms with van der Waals surface area (Å²) in [6, 6.07) is 5.58. The van der Waals surface area contributed by atoms with E-state index in [-0.39, 0.29) is 149 Å². The maximum atomic E-state index is 15.1. The Morgan fingerprint density at radius 2 is 1.30 bits per heavy atom. The number of rotatable bonds is 60. The Morgan fingerprint density at radius 3 is 1.93 bits per heavy atom. The summed E-state index contributed by atoms with van der Waals surface area (Å²) in [5.41, 5.74) is 1.90. The highest BCUT2D eigenvalue weighted by Gasteiger charge is 2.40. The number of aromatic nitrogens is 1. The monoisotopic (exact) mass is 1770 g/mol. The fourth-order valence-electron chi connectivity index (χ4n) is 13.4. The number of unbranched alkanes of at least 4 members (excludes halogenated alkanes) is 5. The lowest BCUT2D eigenvalue weighted by Gasteiger charge is -2.39. The summed E-state index contributed by atoms with van der Waals surface area (Å²) in [6.45, 7) is 15.0. The largest absolute Gasteiger partial charge is 0.508 e. The minimum absolute atomic E-state index is 0.0173. The summed E-state index contributed by atoms with van der Waals surface area (Å²) in [5, 5.41) is 80.1. The highest BCUT2D eigenvalue weighted by molar-refractivity contribution is 8.76. The third kappa shape index (κ3) is 42.6. The second-order valence-electron chi connectivity index (χ2n) is 30.7. The van der Waals surface area contributed by atoms with Crippen LogP contribution >= 0.6 is 32.9 Å². The van der Waals surface area contributed by atoms with Crippen molar-refractivity contribution in [2.75, 3.05) is 64.7 Å². The number of nitrogens with one attached hydrogen (secondary N) is 8. The second kappa shape index (κ2) is 58.8. The number of amides is 9. The summed E-state index contributed by atoms with van der Waals surface area (Å²) >= 11 is 1.32. The van der Waals surface area contributed by atoms with Gasteiger partial charge in [-0.1, -0.05) is 145 Å². The van der Waals surface area contributed by atoms with Crippen molar-refractivity contribution in [2.24, 2.45) is 29.6 Å². The van der Waals surface area contributed by atoms with Crippen LogP contribution in [0.1, 0.15) is 215 Å². The first-order chi connectivity index (χ1) is 58.0. The molecule has 0 saturated carbocycles. The molecule has 1 aliphatic heterocycles. The van der Waals surface area contributed by atoms with Crippen LogP contribution in [0.15, 0.2) is 53.9 Å². The van der Waals surface area contributed by atoms with Gasteiger partial charge in [-0.05, 0) is 118 Å². The number of ether oxygens (including phenoxy) is 2. The molecule has 2 heterocycles. The Kier molecular flexibility index (Phi) is 51.2. The Hall–Kier alpha value is -10.1. The zero-order valence-electron chi connectivity index (χ0n) is 70.8. The molecule has 678 valence electrons. The number of carbonyl (C=O) groups is 15. The molecule has 2 aromatic carbocycles. The molecule has 1 aromatic heterocycles. The van der Waals surface area contributed by atoms with Crippen LogP contribution in [0, 0.1) is 29.6 Å². The first-order valence-corrected chi connectivity index (χ1v) is 44.6. The molecule has 0 aliphatic carbocycles. The van der Waals surface area contributed by atoms with Crippen LogP contribution in [-0.4, -0.2) is 241 Å². The molecule has 3 aromatic rings. The van der Waals surface area contributed by atoms with E-state index in [0.29, 0.717) is 48.4 Å². The SMILES string of the molecule is CCCCCCCOCN(C(=O)[C@@H](CC(=O)C1CCCCN1C)C(C)CC)[C@H](C[C@@H](C)c1nc(C(=O)N[C@@H](Cc2ccc(O)cc2)C[C@H](C)C(=O)NCC(=O)OCCSSC[C@H](NC(=O)[C@H](CC(=O)O)CC(=O)[C@H](CC(=O)O)NC(=O)Cc2ccc(CNC(=O)NCCCC[C@H](NC(=O)NCCCC(=O)O)C(=O)O)cc2)C(=O)O)cs1)C(C)C.O=C=O. The van der Waals surface area contributed by atoms with Crippen LogP contribution in [0.4, 0.5) is 9.59 Å². The van der Waals surface area contributed by atoms with E-state index in [9.17, 15) is 92.7 Å². The van der Waals surface area contributed by atoms with E-state index in [2.05, 4.69) is 68.2 Å². The van der Waals surface area contributed by atoms with E-state index in [0.717, 1.165) is 85.1 Å². The molecule has 11 atom stereocenters. The van der Waals surface area contributed by atoms with Gasteiger partial charge in [0.1, 0.15) is 43.4 Å². The van der Waals surface area contributed by atoms with Crippen LogP contribution < -0.4 is 42.5 Å². The van der Waals surface area contributed by atoms with Gasteiger partial charge in [0, 0.05) is 92.2 Å². The van der Waals surface area contributed by atoms with E-state index < -0.39 is 145 Å². The molecule has 39 heteroatoms. The quantitative estimate of drug-likeness (QED) is 0.0113. The minimum atomic E-state index is -1.74. The second-order valence-corrected chi connectivity index (χ2v) is 34.2. The number of aliphatic carboxylic acids is 5. The van der Waals surface area contributed by atoms with Gasteiger partial charge >= 0.3 is 54.0 Å². The number of Topliss-reactive ketones (excluding diaryl/α,β-unsaturated/α-hetero) is 2. The molecule has 4 rings (SSSR count). The zero-order valence-corrected chi connectivity index (χ0v) is 73.2. The maximum absolute atomic E-state index is 15.1. The van der Waals surface area contributed by atoms with Crippen molar-refractivity contribution >= 4 is 128 Å². The normalized spacial score (nSPS) is 15.0. The minimum Gasteiger partial charge on any atom is -0.508 e. The lowest BCUT2D eigenvalue weighted by atomic mass is 9.82. The van der Waals surface area contributed by atoms with E-state index in [1.807, 2.05) is 32.7 Å². The standard InChI is InChI=1S/C82H123N11O23S3.CO2/c1-9-11-12-13-18-34-115-49-93(78(108)60(51(5)10-2)43-68(96)65-21-15-17-33-92(65)8)66(50(3)4)38-53(7)77-90-63(47-117-77)76(107)87-58(39-54-27-29-59(94)30-28-54)37-52(6)74(105)85-46-73(104)116-35-36-118-119-48-64(80(111)112)89-75(106)57(42-71(100)101)41-67(95)62(44-72(102)103)88-69(97)40-55-23-25-56(26-24-55)45-86-81(113)83-31-16-14-20-61(79(109)110)91-82(114)84-32-19-22-70(98)99;2-1-3/h23-30,47,50-53,57-58,60-62,64-66,94H,9-22,31-46,48-49H2,1-8H3,(H,85,105)(H,87,107)(H,88,97)(H,89,106)(H,98,99)(H,100,101)(H,102,103)(H,109,110)(H,111,112)(H2,83,86,113)(H2,84,91,114);/t51?,52-,53+,57-,58+,60-,61-,62-,64-,65?,66+;/m0./s1. The summed E-state index contributed by atoms with van der Waals surface area (Å²) in [4.78, 5) is 218. The Morgan fingerprint density at radius 1 is 0.656 bits per heavy atom. The summed E-state index contributed by atoms with van der Waals surface area (Å²) in [6.07, 6.45) is 7.51. The van der Waals surface area contributed by atoms with E-state index >= 15 is 4.79 Å². The number of hydrogen-bond acceptors (Lipinski definition) is 25. The molecule has 2 unspecified atom stereocenters. The van der Waals surface area contributed by atoms with Crippen LogP contribution in [-0.2, 0) is 96.0 Å². The fourth-order valence-corrected chi connectivity index (χ4v) is 16.3. The number of urea groups is 2. The highest BCUT2D eigenvalue weighted by atomic mass is 33.1. The van der Waals surface area contributed by atoms with Crippen LogP contribution in [0.3, 0.4) is 0 Å². The van der Waals surface area contributed by atoms with Crippen molar-refractivity contribution in [1.82, 2.24) is 57.3 Å². The van der Waals surface area contributed by atoms with Crippen molar-refractivity contribution in [3.8, 4) is 5.75 Å². The Labute approximate surface area is 723 Å². The number of carboxylic acid groups (broad SMARTS) is 5. The lowest BCUT2D eigenvalue weighted by Crippen LogP contribution is -2.50. The molecular weight excluding hydrogens is 1650 g/mol. The Balaban J connectivity index is 0.0000126. The number of aromatic hydroxyl groups is 1. The van der Waals surface area contributed by atoms with E-state index in [1.54, 1.807) is 36.6 Å². The lowest BCUT2D eigenvalue weighted by molar-refractivity contribution is -0.192. The van der Waals surface area contributed by atoms with Gasteiger partial charge in [-0.3, -0.25) is 57.6 Å². The number of piperidine rings is 1. The van der Waals surface area contributed by atoms with Crippen molar-refractivity contribution in [1.29, 1.82) is 0 Å². The highest BCUT2D eigenvalue weighted by Crippen LogP contribution is 2.34. The average Bonchev–Trinajstić information content (AvgIpc) is 0.836. The number of hydrogen-bond donors (Lipinski definition) is 14. The molecule has 14 N–H and O–H groups in total. The van der Waals surface area contributed by atoms with Gasteiger partial charge < -0.3 is 87.5 Å². The van der Waals surface area contributed by atoms with Crippen molar-refractivity contribution in [2.45, 2.75) is 238 Å². The summed E-state index contributed by atoms with van der Waals surface area (Å²) in [7, 11) is 3.98. The van der Waals surface area contributed by atoms with Gasteiger partial charge in [-0.2, -0.15) is 9.59 Å². The molecule has 0 bridgehead atoms. The molecule has 9 amide bonds. The number of esters is 1. The summed E-state index contributed by atoms with van der Waals surface area (Å²) < 4.78 is 11.6. The predicted octanol–water partition coefficient (Wildman–Crippen LogP) is 7.48. The van der Waals surface area contributed by atoms with Crippen LogP contribution in [0.2, 0.25) is 0 Å². The average molecular weight is 1770 g/mol. The number of nitrogens with zero attached hydrogens (tertiary/aromatic N) is 3. The number of phenolic OH excluding ortho intramolecular Hbond substituents is 1. The van der Waals surface area contributed by atoms with Crippen molar-refractivity contribution < 1.29 is 122 Å². The molecule has 122 heavy (non-hydrogen) atoms. The topological polar surface area (TPSA) is 546 Å². The third-order valence-electron chi connectivity index (χ3n) is 20.5. The van der Waals surface area contributed by atoms with Gasteiger partial charge in [0.25, 0.3) is 5.91 Å². The number of phenols is 1. The van der Waals surface area contributed by atoms with E-state index in [1.165, 1.54) is 35.6 Å². The van der Waals surface area contributed by atoms with Gasteiger partial charge in [-0.25, -0.2) is 24.2 Å². The van der Waals surface area contributed by atoms with Gasteiger partial charge in [0.2, 0.25) is 23.6 Å². The smallest absolute Gasteiger partial charge is 0.373 e. The molecule has 1 saturated heterocycles. The van der Waals surface area contributed by atoms with Gasteiger partial charge in [0.05, 0.1) is 42.3 Å². The number of likely N-dealkylation sites (tertiary alicyclic amines) is 1. The van der Waals surface area contributed by atoms with Gasteiger partial charge in [0.15, 0.2) is 11.6 Å². The number of thiazole rings is 1. The number of carboxylic acids is 5. The molecular formula is C83H123N11O25S3. The van der Waals surface area contributed by atoms with Crippen molar-refractivity contribution in [3.63, 3.8) is 0 Å². The molecule has 0 spiro atoms. The Bertz CT molecular complexity index is 3890. The molecule has 1 fully saturated rings. The van der Waals surface area contributed by atoms with Crippen LogP contribution in [0.5, 0.6) is 5.75 Å². The fraction of sp³-hybridized carbons (Fsp3) is 0.627. The first kappa shape index (κ1) is 106. The van der Waals surface area contributed by atoms with Crippen molar-refractivity contribution in [3.05, 3.63) is 81.3 Å². The number of carbonyl (C=O) groups excluding carboxylic acids is 12. The molecule has 36 nitrogen and oxygen atoms in total. The zero-order chi connectivity index (χ0) is 90.8. The number of likely N-dealkylation sites (N-methyl/N-ethyl adjacent to an activating group) is 1. The maximum Gasteiger partial charge on any atom is 0.373 e. The predicted molar refractivity (Wildman–Crippen MR) is 452 cm³/mol. The molecule has 0 radical (unpaired) electrons. The van der Waals surface area contributed by atoms with Crippen LogP contribution in [0.25, 0.3) is 0 Å². The first-order valence-electron chi connectivity index (χ1n) is 41.2.